The SMILES string of the molecule is CCOc1ccc2[nH]c(CCOCC(F)F)nc2n1. The molecule has 0 bridgehead atoms. The Hall–Kier alpha value is -1.76. The van der Waals surface area contributed by atoms with E-state index in [1.165, 1.54) is 0 Å². The van der Waals surface area contributed by atoms with E-state index in [4.69, 9.17) is 9.47 Å². The zero-order chi connectivity index (χ0) is 13.7. The summed E-state index contributed by atoms with van der Waals surface area (Å²) in [5.41, 5.74) is 1.34. The van der Waals surface area contributed by atoms with E-state index in [1.807, 2.05) is 13.0 Å². The fraction of sp³-hybridized carbons (Fsp3) is 0.500. The summed E-state index contributed by atoms with van der Waals surface area (Å²) in [5, 5.41) is 0. The van der Waals surface area contributed by atoms with Gasteiger partial charge in [-0.3, -0.25) is 0 Å². The minimum absolute atomic E-state index is 0.197. The molecule has 0 aliphatic rings. The lowest BCUT2D eigenvalue weighted by Gasteiger charge is -2.00. The first-order valence-corrected chi connectivity index (χ1v) is 6.03. The highest BCUT2D eigenvalue weighted by molar-refractivity contribution is 5.71. The van der Waals surface area contributed by atoms with E-state index >= 15 is 0 Å². The smallest absolute Gasteiger partial charge is 0.261 e. The van der Waals surface area contributed by atoms with Gasteiger partial charge in [0.05, 0.1) is 18.7 Å². The van der Waals surface area contributed by atoms with Crippen molar-refractivity contribution < 1.29 is 18.3 Å². The van der Waals surface area contributed by atoms with Gasteiger partial charge < -0.3 is 14.5 Å². The molecular formula is C12H15F2N3O2. The maximum atomic E-state index is 11.9. The number of rotatable bonds is 7. The Morgan fingerprint density at radius 3 is 2.89 bits per heavy atom. The molecule has 1 N–H and O–H groups in total. The monoisotopic (exact) mass is 271 g/mol. The van der Waals surface area contributed by atoms with Crippen molar-refractivity contribution in [2.75, 3.05) is 19.8 Å². The van der Waals surface area contributed by atoms with Crippen molar-refractivity contribution in [3.8, 4) is 5.88 Å². The molecule has 0 spiro atoms. The van der Waals surface area contributed by atoms with E-state index in [0.717, 1.165) is 5.52 Å². The quantitative estimate of drug-likeness (QED) is 0.784. The highest BCUT2D eigenvalue weighted by Crippen LogP contribution is 2.14. The van der Waals surface area contributed by atoms with Crippen LogP contribution in [0.5, 0.6) is 5.88 Å². The Kier molecular flexibility index (Phi) is 4.62. The van der Waals surface area contributed by atoms with Crippen LogP contribution in [0.2, 0.25) is 0 Å². The van der Waals surface area contributed by atoms with Crippen molar-refractivity contribution in [2.45, 2.75) is 19.8 Å². The van der Waals surface area contributed by atoms with E-state index in [9.17, 15) is 8.78 Å². The van der Waals surface area contributed by atoms with Crippen molar-refractivity contribution in [1.82, 2.24) is 15.0 Å². The number of pyridine rings is 1. The molecule has 0 fully saturated rings. The van der Waals surface area contributed by atoms with Gasteiger partial charge in [0.25, 0.3) is 6.43 Å². The Balaban J connectivity index is 1.96. The molecule has 0 atom stereocenters. The maximum absolute atomic E-state index is 11.9. The number of imidazole rings is 1. The molecule has 0 aliphatic heterocycles. The predicted octanol–water partition coefficient (Wildman–Crippen LogP) is 2.18. The van der Waals surface area contributed by atoms with E-state index < -0.39 is 13.0 Å². The summed E-state index contributed by atoms with van der Waals surface area (Å²) in [6, 6.07) is 3.57. The average Bonchev–Trinajstić information content (AvgIpc) is 2.77. The number of aromatic nitrogens is 3. The molecule has 0 saturated carbocycles. The van der Waals surface area contributed by atoms with Crippen LogP contribution in [-0.2, 0) is 11.2 Å². The first kappa shape index (κ1) is 13.7. The lowest BCUT2D eigenvalue weighted by Crippen LogP contribution is -2.07. The number of nitrogens with zero attached hydrogens (tertiary/aromatic N) is 2. The van der Waals surface area contributed by atoms with Crippen LogP contribution in [0.1, 0.15) is 12.7 Å². The fourth-order valence-electron chi connectivity index (χ4n) is 1.61. The summed E-state index contributed by atoms with van der Waals surface area (Å²) in [6.45, 7) is 2.06. The number of fused-ring (bicyclic) bond motifs is 1. The van der Waals surface area contributed by atoms with Crippen LogP contribution in [-0.4, -0.2) is 41.2 Å². The third-order valence-corrected chi connectivity index (χ3v) is 2.39. The molecular weight excluding hydrogens is 256 g/mol. The predicted molar refractivity (Wildman–Crippen MR) is 65.6 cm³/mol. The van der Waals surface area contributed by atoms with Gasteiger partial charge in [0.2, 0.25) is 5.88 Å². The average molecular weight is 271 g/mol. The zero-order valence-corrected chi connectivity index (χ0v) is 10.5. The van der Waals surface area contributed by atoms with Crippen LogP contribution >= 0.6 is 0 Å². The summed E-state index contributed by atoms with van der Waals surface area (Å²) >= 11 is 0. The number of H-pyrrole nitrogens is 1. The summed E-state index contributed by atoms with van der Waals surface area (Å²) in [5.74, 6) is 1.17. The molecule has 0 aromatic carbocycles. The van der Waals surface area contributed by atoms with Crippen molar-refractivity contribution >= 4 is 11.2 Å². The number of halogens is 2. The lowest BCUT2D eigenvalue weighted by atomic mass is 10.4. The van der Waals surface area contributed by atoms with E-state index in [2.05, 4.69) is 15.0 Å². The van der Waals surface area contributed by atoms with Crippen molar-refractivity contribution in [2.24, 2.45) is 0 Å². The maximum Gasteiger partial charge on any atom is 0.261 e. The van der Waals surface area contributed by atoms with Gasteiger partial charge >= 0.3 is 0 Å². The molecule has 5 nitrogen and oxygen atoms in total. The fourth-order valence-corrected chi connectivity index (χ4v) is 1.61. The van der Waals surface area contributed by atoms with Crippen LogP contribution in [0.15, 0.2) is 12.1 Å². The van der Waals surface area contributed by atoms with Crippen molar-refractivity contribution in [3.05, 3.63) is 18.0 Å². The molecule has 0 aliphatic carbocycles. The van der Waals surface area contributed by atoms with Crippen LogP contribution in [0, 0.1) is 0 Å². The number of hydrogen-bond donors (Lipinski definition) is 1. The second-order valence-electron chi connectivity index (χ2n) is 3.85. The van der Waals surface area contributed by atoms with Gasteiger partial charge in [-0.25, -0.2) is 13.8 Å². The van der Waals surface area contributed by atoms with Gasteiger partial charge in [0.15, 0.2) is 5.65 Å². The largest absolute Gasteiger partial charge is 0.478 e. The van der Waals surface area contributed by atoms with Crippen LogP contribution in [0.4, 0.5) is 8.78 Å². The first-order chi connectivity index (χ1) is 9.19. The van der Waals surface area contributed by atoms with Gasteiger partial charge in [0.1, 0.15) is 12.4 Å². The van der Waals surface area contributed by atoms with Crippen LogP contribution in [0.3, 0.4) is 0 Å². The van der Waals surface area contributed by atoms with E-state index in [0.29, 0.717) is 30.4 Å². The Bertz CT molecular complexity index is 531. The number of hydrogen-bond acceptors (Lipinski definition) is 4. The summed E-state index contributed by atoms with van der Waals surface area (Å²) in [6.07, 6.45) is -2.00. The van der Waals surface area contributed by atoms with Crippen LogP contribution < -0.4 is 4.74 Å². The summed E-state index contributed by atoms with van der Waals surface area (Å²) in [7, 11) is 0. The summed E-state index contributed by atoms with van der Waals surface area (Å²) < 4.78 is 33.8. The molecule has 2 aromatic rings. The Labute approximate surface area is 109 Å². The zero-order valence-electron chi connectivity index (χ0n) is 10.5. The van der Waals surface area contributed by atoms with Crippen LogP contribution in [0.25, 0.3) is 11.2 Å². The molecule has 2 aromatic heterocycles. The van der Waals surface area contributed by atoms with Crippen molar-refractivity contribution in [3.63, 3.8) is 0 Å². The van der Waals surface area contributed by atoms with Crippen molar-refractivity contribution in [1.29, 1.82) is 0 Å². The van der Waals surface area contributed by atoms with Gasteiger partial charge in [0, 0.05) is 12.5 Å². The number of ether oxygens (including phenoxy) is 2. The highest BCUT2D eigenvalue weighted by Gasteiger charge is 2.07. The van der Waals surface area contributed by atoms with E-state index in [1.54, 1.807) is 6.07 Å². The second-order valence-corrected chi connectivity index (χ2v) is 3.85. The normalized spacial score (nSPS) is 11.4. The minimum atomic E-state index is -2.44. The highest BCUT2D eigenvalue weighted by atomic mass is 19.3. The Morgan fingerprint density at radius 1 is 1.32 bits per heavy atom. The molecule has 7 heteroatoms. The number of nitrogens with one attached hydrogen (secondary N) is 1. The number of alkyl halides is 2. The minimum Gasteiger partial charge on any atom is -0.478 e. The molecule has 2 heterocycles. The standard InChI is InChI=1S/C12H15F2N3O2/c1-2-19-11-4-3-8-12(17-11)16-10(15-8)5-6-18-7-9(13)14/h3-4,9H,2,5-7H2,1H3,(H,15,16,17). The molecule has 19 heavy (non-hydrogen) atoms. The van der Waals surface area contributed by atoms with E-state index in [-0.39, 0.29) is 6.61 Å². The third-order valence-electron chi connectivity index (χ3n) is 2.39. The lowest BCUT2D eigenvalue weighted by molar-refractivity contribution is 0.0183. The number of aromatic amines is 1. The Morgan fingerprint density at radius 2 is 2.16 bits per heavy atom. The van der Waals surface area contributed by atoms with Gasteiger partial charge in [-0.05, 0) is 13.0 Å². The third kappa shape index (κ3) is 3.85. The van der Waals surface area contributed by atoms with Gasteiger partial charge in [-0.1, -0.05) is 0 Å². The molecule has 104 valence electrons. The second kappa shape index (κ2) is 6.42. The molecule has 0 amide bonds. The molecule has 0 unspecified atom stereocenters. The molecule has 0 radical (unpaired) electrons. The van der Waals surface area contributed by atoms with Gasteiger partial charge in [-0.15, -0.1) is 0 Å². The molecule has 2 rings (SSSR count). The topological polar surface area (TPSA) is 60.0 Å². The van der Waals surface area contributed by atoms with Gasteiger partial charge in [-0.2, -0.15) is 4.98 Å². The summed E-state index contributed by atoms with van der Waals surface area (Å²) in [4.78, 5) is 11.5. The first-order valence-electron chi connectivity index (χ1n) is 6.03. The molecule has 0 saturated heterocycles.